The van der Waals surface area contributed by atoms with Crippen LogP contribution >= 0.6 is 0 Å². The topological polar surface area (TPSA) is 94.9 Å². The van der Waals surface area contributed by atoms with E-state index in [0.29, 0.717) is 5.56 Å². The summed E-state index contributed by atoms with van der Waals surface area (Å²) < 4.78 is 0. The first-order chi connectivity index (χ1) is 15.7. The van der Waals surface area contributed by atoms with E-state index in [1.165, 1.54) is 11.0 Å². The summed E-state index contributed by atoms with van der Waals surface area (Å²) in [6, 6.07) is 11.5. The van der Waals surface area contributed by atoms with Gasteiger partial charge in [0.2, 0.25) is 0 Å². The molecule has 6 nitrogen and oxygen atoms in total. The molecule has 2 aliphatic heterocycles. The van der Waals surface area contributed by atoms with E-state index in [1.807, 2.05) is 30.3 Å². The van der Waals surface area contributed by atoms with Crippen molar-refractivity contribution < 1.29 is 4.79 Å². The summed E-state index contributed by atoms with van der Waals surface area (Å²) in [6.45, 7) is 13.3. The third kappa shape index (κ3) is 3.95. The number of hydrogen-bond donors (Lipinski definition) is 0. The zero-order valence-electron chi connectivity index (χ0n) is 19.6. The molecule has 0 unspecified atom stereocenters. The Balaban J connectivity index is 2.24. The Morgan fingerprint density at radius 3 is 2.48 bits per heavy atom. The minimum Gasteiger partial charge on any atom is -0.362 e. The second-order valence-electron chi connectivity index (χ2n) is 8.73. The van der Waals surface area contributed by atoms with E-state index in [1.54, 1.807) is 0 Å². The number of nitriles is 3. The van der Waals surface area contributed by atoms with Crippen LogP contribution in [0.3, 0.4) is 0 Å². The molecule has 0 aromatic heterocycles. The Bertz CT molecular complexity index is 1220. The molecule has 2 aliphatic rings. The van der Waals surface area contributed by atoms with Crippen LogP contribution in [0.1, 0.15) is 51.7 Å². The third-order valence-corrected chi connectivity index (χ3v) is 6.10. The number of nitrogens with zero attached hydrogens (tertiary/aromatic N) is 5. The SMILES string of the molecule is C=CCN1C(=O)C(c2ccc3c(c2)C(C)=CC(C)(C)N3CCCC)=C(C#N)C1=C(C#N)C#N. The molecule has 0 saturated carbocycles. The number of carbonyl (C=O) groups is 1. The van der Waals surface area contributed by atoms with Gasteiger partial charge in [0.25, 0.3) is 5.91 Å². The van der Waals surface area contributed by atoms with Gasteiger partial charge in [0.1, 0.15) is 18.2 Å². The van der Waals surface area contributed by atoms with E-state index in [0.717, 1.165) is 36.2 Å². The molecule has 1 aromatic rings. The molecule has 0 spiro atoms. The van der Waals surface area contributed by atoms with Gasteiger partial charge in [0.15, 0.2) is 5.57 Å². The number of unbranched alkanes of at least 4 members (excludes halogenated alkanes) is 1. The predicted molar refractivity (Wildman–Crippen MR) is 129 cm³/mol. The predicted octanol–water partition coefficient (Wildman–Crippen LogP) is 5.10. The van der Waals surface area contributed by atoms with Gasteiger partial charge in [-0.2, -0.15) is 15.8 Å². The first-order valence-corrected chi connectivity index (χ1v) is 11.0. The molecule has 3 rings (SSSR count). The molecule has 0 N–H and O–H groups in total. The summed E-state index contributed by atoms with van der Waals surface area (Å²) in [6.07, 6.45) is 5.89. The molecule has 1 aromatic carbocycles. The van der Waals surface area contributed by atoms with Crippen molar-refractivity contribution in [2.24, 2.45) is 0 Å². The van der Waals surface area contributed by atoms with Crippen molar-refractivity contribution in [3.05, 3.63) is 64.9 Å². The van der Waals surface area contributed by atoms with Gasteiger partial charge < -0.3 is 9.80 Å². The zero-order valence-corrected chi connectivity index (χ0v) is 19.6. The van der Waals surface area contributed by atoms with Gasteiger partial charge in [0, 0.05) is 24.3 Å². The summed E-state index contributed by atoms with van der Waals surface area (Å²) in [5.41, 5.74) is 3.69. The van der Waals surface area contributed by atoms with Crippen molar-refractivity contribution in [3.63, 3.8) is 0 Å². The minimum atomic E-state index is -0.412. The summed E-state index contributed by atoms with van der Waals surface area (Å²) in [5.74, 6) is -0.412. The molecular weight excluding hydrogens is 410 g/mol. The number of anilines is 1. The maximum absolute atomic E-state index is 13.4. The molecule has 0 aliphatic carbocycles. The Morgan fingerprint density at radius 2 is 1.91 bits per heavy atom. The lowest BCUT2D eigenvalue weighted by Gasteiger charge is -2.43. The average Bonchev–Trinajstić information content (AvgIpc) is 3.05. The van der Waals surface area contributed by atoms with Crippen molar-refractivity contribution in [1.29, 1.82) is 15.8 Å². The van der Waals surface area contributed by atoms with E-state index in [9.17, 15) is 20.6 Å². The Labute approximate surface area is 195 Å². The molecule has 0 radical (unpaired) electrons. The molecule has 0 fully saturated rings. The van der Waals surface area contributed by atoms with Crippen LogP contribution in [0.25, 0.3) is 11.1 Å². The van der Waals surface area contributed by atoms with Crippen LogP contribution < -0.4 is 4.90 Å². The van der Waals surface area contributed by atoms with Crippen LogP contribution in [-0.2, 0) is 4.79 Å². The van der Waals surface area contributed by atoms with Crippen LogP contribution in [0.15, 0.2) is 53.8 Å². The van der Waals surface area contributed by atoms with Crippen molar-refractivity contribution in [1.82, 2.24) is 4.90 Å². The van der Waals surface area contributed by atoms with E-state index >= 15 is 0 Å². The number of amides is 1. The number of carbonyl (C=O) groups excluding carboxylic acids is 1. The lowest BCUT2D eigenvalue weighted by molar-refractivity contribution is -0.122. The molecule has 166 valence electrons. The number of rotatable bonds is 6. The van der Waals surface area contributed by atoms with Crippen molar-refractivity contribution in [2.45, 2.75) is 46.1 Å². The van der Waals surface area contributed by atoms with Crippen LogP contribution in [0.5, 0.6) is 0 Å². The molecule has 0 atom stereocenters. The fourth-order valence-corrected chi connectivity index (χ4v) is 4.63. The lowest BCUT2D eigenvalue weighted by Crippen LogP contribution is -2.45. The van der Waals surface area contributed by atoms with Gasteiger partial charge in [-0.1, -0.05) is 31.6 Å². The fourth-order valence-electron chi connectivity index (χ4n) is 4.63. The quantitative estimate of drug-likeness (QED) is 0.456. The van der Waals surface area contributed by atoms with Gasteiger partial charge in [-0.3, -0.25) is 4.79 Å². The summed E-state index contributed by atoms with van der Waals surface area (Å²) >= 11 is 0. The smallest absolute Gasteiger partial charge is 0.260 e. The van der Waals surface area contributed by atoms with Crippen molar-refractivity contribution >= 4 is 22.7 Å². The first-order valence-electron chi connectivity index (χ1n) is 11.0. The lowest BCUT2D eigenvalue weighted by atomic mass is 9.86. The number of hydrogen-bond acceptors (Lipinski definition) is 5. The summed E-state index contributed by atoms with van der Waals surface area (Å²) in [7, 11) is 0. The Morgan fingerprint density at radius 1 is 1.21 bits per heavy atom. The average molecular weight is 438 g/mol. The minimum absolute atomic E-state index is 0.0421. The van der Waals surface area contributed by atoms with E-state index in [2.05, 4.69) is 51.3 Å². The molecule has 1 amide bonds. The highest BCUT2D eigenvalue weighted by atomic mass is 16.2. The summed E-state index contributed by atoms with van der Waals surface area (Å²) in [4.78, 5) is 17.0. The van der Waals surface area contributed by atoms with Gasteiger partial charge in [-0.15, -0.1) is 6.58 Å². The molecule has 6 heteroatoms. The summed E-state index contributed by atoms with van der Waals surface area (Å²) in [5, 5.41) is 28.8. The van der Waals surface area contributed by atoms with Crippen LogP contribution in [-0.4, -0.2) is 29.4 Å². The first kappa shape index (κ1) is 23.6. The van der Waals surface area contributed by atoms with E-state index in [-0.39, 0.29) is 34.5 Å². The molecule has 0 bridgehead atoms. The maximum atomic E-state index is 13.4. The molecule has 33 heavy (non-hydrogen) atoms. The number of allylic oxidation sites excluding steroid dienone is 3. The second kappa shape index (κ2) is 9.19. The maximum Gasteiger partial charge on any atom is 0.260 e. The van der Waals surface area contributed by atoms with Crippen molar-refractivity contribution in [2.75, 3.05) is 18.0 Å². The van der Waals surface area contributed by atoms with Gasteiger partial charge in [0.05, 0.1) is 22.4 Å². The number of fused-ring (bicyclic) bond motifs is 1. The highest BCUT2D eigenvalue weighted by molar-refractivity contribution is 6.26. The molecule has 0 saturated heterocycles. The monoisotopic (exact) mass is 437 g/mol. The van der Waals surface area contributed by atoms with Crippen molar-refractivity contribution in [3.8, 4) is 18.2 Å². The highest BCUT2D eigenvalue weighted by Crippen LogP contribution is 2.43. The fraction of sp³-hybridized carbons (Fsp3) is 0.333. The standard InChI is InChI=1S/C27H27N5O/c1-6-8-12-32-23-10-9-19(13-21(23)18(3)14-27(32,4)5)24-22(17-30)25(20(15-28)16-29)31(11-7-2)26(24)33/h7,9-10,13-14H,2,6,8,11-12H2,1,3-5H3. The highest BCUT2D eigenvalue weighted by Gasteiger charge is 2.39. The van der Waals surface area contributed by atoms with E-state index in [4.69, 9.17) is 0 Å². The van der Waals surface area contributed by atoms with E-state index < -0.39 is 5.91 Å². The second-order valence-corrected chi connectivity index (χ2v) is 8.73. The Kier molecular flexibility index (Phi) is 6.57. The van der Waals surface area contributed by atoms with Crippen LogP contribution in [0.4, 0.5) is 5.69 Å². The van der Waals surface area contributed by atoms with Gasteiger partial charge in [-0.05, 0) is 50.5 Å². The zero-order chi connectivity index (χ0) is 24.3. The molecular formula is C27H27N5O. The molecule has 2 heterocycles. The number of benzene rings is 1. The Hall–Kier alpha value is -4.08. The van der Waals surface area contributed by atoms with Crippen LogP contribution in [0.2, 0.25) is 0 Å². The van der Waals surface area contributed by atoms with Gasteiger partial charge >= 0.3 is 0 Å². The third-order valence-electron chi connectivity index (χ3n) is 6.10. The van der Waals surface area contributed by atoms with Gasteiger partial charge in [-0.25, -0.2) is 0 Å². The van der Waals surface area contributed by atoms with Crippen LogP contribution in [0, 0.1) is 34.0 Å². The normalized spacial score (nSPS) is 16.6. The largest absolute Gasteiger partial charge is 0.362 e.